The lowest BCUT2D eigenvalue weighted by Gasteiger charge is -2.21. The normalized spacial score (nSPS) is 10.7. The quantitative estimate of drug-likeness (QED) is 0.143. The molecule has 2 aromatic carbocycles. The van der Waals surface area contributed by atoms with Crippen molar-refractivity contribution in [3.63, 3.8) is 0 Å². The average molecular weight is 809 g/mol. The van der Waals surface area contributed by atoms with Crippen LogP contribution >= 0.6 is 63.9 Å². The first kappa shape index (κ1) is 39.3. The maximum absolute atomic E-state index is 13.0. The molecule has 0 aliphatic carbocycles. The highest BCUT2D eigenvalue weighted by Gasteiger charge is 2.20. The number of pyridine rings is 2. The second kappa shape index (κ2) is 17.5. The highest BCUT2D eigenvalue weighted by Crippen LogP contribution is 2.35. The van der Waals surface area contributed by atoms with Gasteiger partial charge in [0.15, 0.2) is 11.4 Å². The Hall–Kier alpha value is -4.13. The molecule has 3 heterocycles. The number of ether oxygens (including phenoxy) is 1. The van der Waals surface area contributed by atoms with Gasteiger partial charge in [-0.15, -0.1) is 24.8 Å². The molecule has 0 unspecified atom stereocenters. The zero-order valence-corrected chi connectivity index (χ0v) is 31.1. The van der Waals surface area contributed by atoms with Gasteiger partial charge in [0.2, 0.25) is 17.7 Å². The van der Waals surface area contributed by atoms with Gasteiger partial charge < -0.3 is 15.0 Å². The number of nitrogens with zero attached hydrogens (tertiary/aromatic N) is 5. The van der Waals surface area contributed by atoms with Gasteiger partial charge >= 0.3 is 0 Å². The van der Waals surface area contributed by atoms with Crippen molar-refractivity contribution in [2.24, 2.45) is 0 Å². The molecule has 0 fully saturated rings. The van der Waals surface area contributed by atoms with Crippen LogP contribution in [0.15, 0.2) is 89.9 Å². The van der Waals surface area contributed by atoms with E-state index in [0.29, 0.717) is 39.0 Å². The molecule has 5 aromatic rings. The molecule has 0 atom stereocenters. The van der Waals surface area contributed by atoms with Crippen LogP contribution in [0.3, 0.4) is 0 Å². The van der Waals surface area contributed by atoms with Gasteiger partial charge in [0, 0.05) is 54.9 Å². The van der Waals surface area contributed by atoms with Crippen LogP contribution in [0, 0.1) is 6.92 Å². The Labute approximate surface area is 314 Å². The van der Waals surface area contributed by atoms with Crippen molar-refractivity contribution in [3.05, 3.63) is 117 Å². The minimum Gasteiger partial charge on any atom is -0.485 e. The minimum absolute atomic E-state index is 0. The summed E-state index contributed by atoms with van der Waals surface area (Å²) in [5, 5.41) is 3.23. The lowest BCUT2D eigenvalue weighted by Crippen LogP contribution is -2.37. The van der Waals surface area contributed by atoms with E-state index >= 15 is 0 Å². The second-order valence-corrected chi connectivity index (χ2v) is 11.9. The Bertz CT molecular complexity index is 1990. The van der Waals surface area contributed by atoms with Gasteiger partial charge in [-0.1, -0.05) is 35.3 Å². The highest BCUT2D eigenvalue weighted by molar-refractivity contribution is 9.10. The summed E-state index contributed by atoms with van der Waals surface area (Å²) in [6, 6.07) is 17.5. The Morgan fingerprint density at radius 2 is 1.67 bits per heavy atom. The third-order valence-electron chi connectivity index (χ3n) is 7.22. The number of likely N-dealkylation sites (N-methyl/N-ethyl adjacent to an activating group) is 1. The molecule has 256 valence electrons. The molecule has 3 amide bonds. The van der Waals surface area contributed by atoms with Gasteiger partial charge in [0.05, 0.1) is 28.6 Å². The fraction of sp³-hybridized carbons (Fsp3) is 0.147. The van der Waals surface area contributed by atoms with Crippen LogP contribution in [-0.2, 0) is 21.0 Å². The van der Waals surface area contributed by atoms with Crippen LogP contribution in [0.4, 0.5) is 17.1 Å². The standard InChI is InChI=1S/C34H29BrCl2N6O4.2ClH/c1-21-33(35)42-18-4-5-29(34(42)40-21)47-20-26-27(36)11-12-28(32(26)37)41(3)31(46)19-39-30(45)13-8-23-6-9-24(10-7-23)43(22(2)44)25-14-16-38-17-15-25;;/h4-18H,19-20H2,1-3H3,(H,39,45);2*1H. The van der Waals surface area contributed by atoms with Crippen molar-refractivity contribution < 1.29 is 19.1 Å². The predicted molar refractivity (Wildman–Crippen MR) is 202 cm³/mol. The number of hydrogen-bond acceptors (Lipinski definition) is 6. The molecule has 1 N–H and O–H groups in total. The van der Waals surface area contributed by atoms with Crippen LogP contribution in [0.25, 0.3) is 11.7 Å². The number of fused-ring (bicyclic) bond motifs is 1. The molecule has 3 aromatic heterocycles. The summed E-state index contributed by atoms with van der Waals surface area (Å²) in [5.41, 5.74) is 4.47. The van der Waals surface area contributed by atoms with Gasteiger partial charge in [-0.25, -0.2) is 4.98 Å². The lowest BCUT2D eigenvalue weighted by molar-refractivity contribution is -0.122. The number of carbonyl (C=O) groups is 3. The number of anilines is 3. The van der Waals surface area contributed by atoms with Crippen molar-refractivity contribution in [3.8, 4) is 5.75 Å². The summed E-state index contributed by atoms with van der Waals surface area (Å²) in [7, 11) is 1.56. The fourth-order valence-electron chi connectivity index (χ4n) is 4.75. The molecule has 0 spiro atoms. The largest absolute Gasteiger partial charge is 0.485 e. The van der Waals surface area contributed by atoms with E-state index in [9.17, 15) is 14.4 Å². The van der Waals surface area contributed by atoms with E-state index in [1.165, 1.54) is 17.9 Å². The Morgan fingerprint density at radius 1 is 1.00 bits per heavy atom. The first-order valence-electron chi connectivity index (χ1n) is 14.3. The number of nitrogens with one attached hydrogen (secondary N) is 1. The summed E-state index contributed by atoms with van der Waals surface area (Å²) in [6.07, 6.45) is 8.05. The fourth-order valence-corrected chi connectivity index (χ4v) is 5.73. The zero-order chi connectivity index (χ0) is 33.7. The van der Waals surface area contributed by atoms with Gasteiger partial charge in [0.1, 0.15) is 11.2 Å². The van der Waals surface area contributed by atoms with Crippen molar-refractivity contribution in [2.45, 2.75) is 20.5 Å². The van der Waals surface area contributed by atoms with Crippen molar-refractivity contribution in [2.75, 3.05) is 23.4 Å². The number of hydrogen-bond donors (Lipinski definition) is 1. The van der Waals surface area contributed by atoms with E-state index in [2.05, 4.69) is 31.2 Å². The Balaban J connectivity index is 0.00000325. The molecule has 15 heteroatoms. The van der Waals surface area contributed by atoms with E-state index in [0.717, 1.165) is 15.9 Å². The van der Waals surface area contributed by atoms with Gasteiger partial charge in [-0.05, 0) is 83.0 Å². The topological polar surface area (TPSA) is 109 Å². The first-order chi connectivity index (χ1) is 22.5. The van der Waals surface area contributed by atoms with Gasteiger partial charge in [-0.3, -0.25) is 28.7 Å². The second-order valence-electron chi connectivity index (χ2n) is 10.4. The molecule has 10 nitrogen and oxygen atoms in total. The summed E-state index contributed by atoms with van der Waals surface area (Å²) < 4.78 is 8.75. The van der Waals surface area contributed by atoms with Crippen molar-refractivity contribution >= 4 is 110 Å². The number of halogens is 5. The van der Waals surface area contributed by atoms with Crippen LogP contribution in [-0.4, -0.2) is 45.7 Å². The number of carbonyl (C=O) groups excluding carboxylic acids is 3. The van der Waals surface area contributed by atoms with E-state index in [4.69, 9.17) is 27.9 Å². The van der Waals surface area contributed by atoms with Gasteiger partial charge in [-0.2, -0.15) is 0 Å². The molecular formula is C34H31BrCl4N6O4. The van der Waals surface area contributed by atoms with E-state index in [1.54, 1.807) is 85.0 Å². The molecular weight excluding hydrogens is 778 g/mol. The number of amides is 3. The minimum atomic E-state index is -0.454. The highest BCUT2D eigenvalue weighted by atomic mass is 79.9. The Morgan fingerprint density at radius 3 is 2.35 bits per heavy atom. The molecule has 0 bridgehead atoms. The van der Waals surface area contributed by atoms with E-state index in [1.807, 2.05) is 23.6 Å². The van der Waals surface area contributed by atoms with E-state index in [-0.39, 0.29) is 48.9 Å². The number of benzene rings is 2. The van der Waals surface area contributed by atoms with Gasteiger partial charge in [0.25, 0.3) is 0 Å². The summed E-state index contributed by atoms with van der Waals surface area (Å²) >= 11 is 16.7. The number of imidazole rings is 1. The van der Waals surface area contributed by atoms with E-state index < -0.39 is 11.8 Å². The number of aromatic nitrogens is 3. The Kier molecular flexibility index (Phi) is 14.0. The molecule has 0 aliphatic heterocycles. The smallest absolute Gasteiger partial charge is 0.246 e. The molecule has 0 radical (unpaired) electrons. The maximum Gasteiger partial charge on any atom is 0.246 e. The average Bonchev–Trinajstić information content (AvgIpc) is 3.36. The first-order valence-corrected chi connectivity index (χ1v) is 15.9. The van der Waals surface area contributed by atoms with Crippen molar-refractivity contribution in [1.29, 1.82) is 0 Å². The van der Waals surface area contributed by atoms with Crippen molar-refractivity contribution in [1.82, 2.24) is 19.7 Å². The number of rotatable bonds is 10. The predicted octanol–water partition coefficient (Wildman–Crippen LogP) is 8.01. The van der Waals surface area contributed by atoms with Crippen LogP contribution in [0.2, 0.25) is 10.0 Å². The monoisotopic (exact) mass is 806 g/mol. The van der Waals surface area contributed by atoms with Crippen LogP contribution in [0.1, 0.15) is 23.7 Å². The number of aryl methyl sites for hydroxylation is 1. The summed E-state index contributed by atoms with van der Waals surface area (Å²) in [5.74, 6) is -0.456. The molecule has 5 rings (SSSR count). The zero-order valence-electron chi connectivity index (χ0n) is 26.4. The molecule has 49 heavy (non-hydrogen) atoms. The third kappa shape index (κ3) is 9.11. The third-order valence-corrected chi connectivity index (χ3v) is 8.95. The van der Waals surface area contributed by atoms with Crippen LogP contribution in [0.5, 0.6) is 5.75 Å². The lowest BCUT2D eigenvalue weighted by atomic mass is 10.1. The molecule has 0 saturated heterocycles. The SMILES string of the molecule is CC(=O)N(c1ccncc1)c1ccc(C=CC(=O)NCC(=O)N(C)c2ccc(Cl)c(COc3cccn4c(Br)c(C)nc34)c2Cl)cc1.Cl.Cl. The van der Waals surface area contributed by atoms with Crippen LogP contribution < -0.4 is 19.9 Å². The molecule has 0 aliphatic rings. The maximum atomic E-state index is 13.0. The summed E-state index contributed by atoms with van der Waals surface area (Å²) in [6.45, 7) is 3.14. The molecule has 0 saturated carbocycles. The summed E-state index contributed by atoms with van der Waals surface area (Å²) in [4.78, 5) is 49.3.